The lowest BCUT2D eigenvalue weighted by molar-refractivity contribution is 0.219. The van der Waals surface area contributed by atoms with Gasteiger partial charge in [0.15, 0.2) is 0 Å². The van der Waals surface area contributed by atoms with E-state index in [2.05, 4.69) is 22.3 Å². The number of alkyl halides is 1. The molecule has 0 bridgehead atoms. The summed E-state index contributed by atoms with van der Waals surface area (Å²) >= 11 is 7.53. The first-order valence-corrected chi connectivity index (χ1v) is 8.90. The van der Waals surface area contributed by atoms with Gasteiger partial charge in [-0.1, -0.05) is 25.7 Å². The van der Waals surface area contributed by atoms with Crippen molar-refractivity contribution in [1.29, 1.82) is 0 Å². The number of hydrogen-bond donors (Lipinski definition) is 0. The van der Waals surface area contributed by atoms with Crippen molar-refractivity contribution in [2.45, 2.75) is 63.3 Å². The molecule has 1 aliphatic carbocycles. The van der Waals surface area contributed by atoms with Crippen molar-refractivity contribution in [3.05, 3.63) is 16.1 Å². The van der Waals surface area contributed by atoms with Gasteiger partial charge in [0.05, 0.1) is 16.6 Å². The monoisotopic (exact) mass is 300 g/mol. The summed E-state index contributed by atoms with van der Waals surface area (Å²) in [4.78, 5) is 7.09. The molecular formula is C15H25ClN2S. The van der Waals surface area contributed by atoms with E-state index in [1.807, 2.05) is 0 Å². The van der Waals surface area contributed by atoms with Crippen molar-refractivity contribution in [3.8, 4) is 0 Å². The lowest BCUT2D eigenvalue weighted by Gasteiger charge is -2.26. The van der Waals surface area contributed by atoms with E-state index in [9.17, 15) is 0 Å². The Morgan fingerprint density at radius 3 is 2.68 bits per heavy atom. The molecule has 0 unspecified atom stereocenters. The molecule has 0 aromatic carbocycles. The lowest BCUT2D eigenvalue weighted by Crippen LogP contribution is -2.32. The Balaban J connectivity index is 1.69. The van der Waals surface area contributed by atoms with E-state index in [0.717, 1.165) is 18.2 Å². The van der Waals surface area contributed by atoms with Crippen LogP contribution in [0.25, 0.3) is 0 Å². The first-order chi connectivity index (χ1) is 9.29. The van der Waals surface area contributed by atoms with Crippen LogP contribution in [0.2, 0.25) is 0 Å². The quantitative estimate of drug-likeness (QED) is 0.569. The number of halogens is 1. The fourth-order valence-corrected chi connectivity index (χ4v) is 3.95. The van der Waals surface area contributed by atoms with E-state index in [1.54, 1.807) is 11.3 Å². The standard InChI is InChI=1S/C15H25ClN2S/c1-18(14-7-4-2-3-5-8-14)10-6-9-15-17-13(11-16)12-19-15/h12,14H,2-11H2,1H3. The zero-order valence-electron chi connectivity index (χ0n) is 11.9. The first kappa shape index (κ1) is 15.3. The molecule has 1 aliphatic rings. The minimum atomic E-state index is 0.540. The van der Waals surface area contributed by atoms with E-state index in [4.69, 9.17) is 11.6 Å². The number of aryl methyl sites for hydroxylation is 1. The van der Waals surface area contributed by atoms with Crippen LogP contribution >= 0.6 is 22.9 Å². The minimum Gasteiger partial charge on any atom is -0.303 e. The Morgan fingerprint density at radius 1 is 1.32 bits per heavy atom. The predicted molar refractivity (Wildman–Crippen MR) is 84.1 cm³/mol. The SMILES string of the molecule is CN(CCCc1nc(CCl)cs1)C1CCCCCC1. The Morgan fingerprint density at radius 2 is 2.05 bits per heavy atom. The highest BCUT2D eigenvalue weighted by Crippen LogP contribution is 2.21. The Bertz CT molecular complexity index is 359. The summed E-state index contributed by atoms with van der Waals surface area (Å²) in [5, 5.41) is 3.32. The second-order valence-corrected chi connectivity index (χ2v) is 6.81. The zero-order valence-corrected chi connectivity index (χ0v) is 13.5. The van der Waals surface area contributed by atoms with Crippen molar-refractivity contribution < 1.29 is 0 Å². The molecule has 0 saturated heterocycles. The number of thiazole rings is 1. The molecular weight excluding hydrogens is 276 g/mol. The third-order valence-corrected chi connectivity index (χ3v) is 5.32. The van der Waals surface area contributed by atoms with Gasteiger partial charge >= 0.3 is 0 Å². The molecule has 0 N–H and O–H groups in total. The highest BCUT2D eigenvalue weighted by molar-refractivity contribution is 7.09. The molecule has 0 spiro atoms. The lowest BCUT2D eigenvalue weighted by atomic mass is 10.1. The van der Waals surface area contributed by atoms with Crippen LogP contribution in [0, 0.1) is 0 Å². The van der Waals surface area contributed by atoms with Gasteiger partial charge in [0.2, 0.25) is 0 Å². The van der Waals surface area contributed by atoms with Gasteiger partial charge in [-0.2, -0.15) is 0 Å². The van der Waals surface area contributed by atoms with E-state index >= 15 is 0 Å². The summed E-state index contributed by atoms with van der Waals surface area (Å²) in [6.45, 7) is 1.19. The van der Waals surface area contributed by atoms with Crippen LogP contribution in [0.1, 0.15) is 55.6 Å². The highest BCUT2D eigenvalue weighted by atomic mass is 35.5. The smallest absolute Gasteiger partial charge is 0.0929 e. The number of rotatable bonds is 6. The average Bonchev–Trinajstić information content (AvgIpc) is 2.71. The average molecular weight is 301 g/mol. The van der Waals surface area contributed by atoms with Crippen LogP contribution in [0.15, 0.2) is 5.38 Å². The van der Waals surface area contributed by atoms with Gasteiger partial charge in [0.25, 0.3) is 0 Å². The van der Waals surface area contributed by atoms with Crippen LogP contribution in [0.4, 0.5) is 0 Å². The van der Waals surface area contributed by atoms with Crippen LogP contribution in [-0.2, 0) is 12.3 Å². The van der Waals surface area contributed by atoms with Crippen LogP contribution in [0.5, 0.6) is 0 Å². The van der Waals surface area contributed by atoms with E-state index < -0.39 is 0 Å². The molecule has 1 aromatic rings. The topological polar surface area (TPSA) is 16.1 Å². The summed E-state index contributed by atoms with van der Waals surface area (Å²) in [6, 6.07) is 0.817. The summed E-state index contributed by atoms with van der Waals surface area (Å²) in [6.07, 6.45) is 10.8. The first-order valence-electron chi connectivity index (χ1n) is 7.49. The van der Waals surface area contributed by atoms with Crippen molar-refractivity contribution in [2.75, 3.05) is 13.6 Å². The molecule has 1 saturated carbocycles. The van der Waals surface area contributed by atoms with E-state index in [0.29, 0.717) is 5.88 Å². The molecule has 2 nitrogen and oxygen atoms in total. The maximum absolute atomic E-state index is 5.78. The van der Waals surface area contributed by atoms with Crippen LogP contribution < -0.4 is 0 Å². The van der Waals surface area contributed by atoms with Gasteiger partial charge in [-0.15, -0.1) is 22.9 Å². The summed E-state index contributed by atoms with van der Waals surface area (Å²) in [5.41, 5.74) is 1.03. The van der Waals surface area contributed by atoms with Gasteiger partial charge in [0.1, 0.15) is 0 Å². The zero-order chi connectivity index (χ0) is 13.5. The second kappa shape index (κ2) is 8.23. The molecule has 1 heterocycles. The maximum Gasteiger partial charge on any atom is 0.0929 e. The fourth-order valence-electron chi connectivity index (χ4n) is 2.89. The van der Waals surface area contributed by atoms with Gasteiger partial charge < -0.3 is 4.90 Å². The highest BCUT2D eigenvalue weighted by Gasteiger charge is 2.16. The molecule has 19 heavy (non-hydrogen) atoms. The molecule has 1 aromatic heterocycles. The largest absolute Gasteiger partial charge is 0.303 e. The van der Waals surface area contributed by atoms with Crippen molar-refractivity contribution in [1.82, 2.24) is 9.88 Å². The molecule has 0 atom stereocenters. The Labute approximate surface area is 126 Å². The van der Waals surface area contributed by atoms with Crippen molar-refractivity contribution >= 4 is 22.9 Å². The Hall–Kier alpha value is -0.120. The van der Waals surface area contributed by atoms with E-state index in [-0.39, 0.29) is 0 Å². The van der Waals surface area contributed by atoms with Crippen LogP contribution in [-0.4, -0.2) is 29.5 Å². The minimum absolute atomic E-state index is 0.540. The molecule has 2 rings (SSSR count). The van der Waals surface area contributed by atoms with Crippen molar-refractivity contribution in [2.24, 2.45) is 0 Å². The molecule has 1 fully saturated rings. The van der Waals surface area contributed by atoms with Crippen molar-refractivity contribution in [3.63, 3.8) is 0 Å². The Kier molecular flexibility index (Phi) is 6.62. The van der Waals surface area contributed by atoms with Gasteiger partial charge in [-0.3, -0.25) is 0 Å². The number of hydrogen-bond acceptors (Lipinski definition) is 3. The molecule has 108 valence electrons. The maximum atomic E-state index is 5.78. The molecule has 4 heteroatoms. The number of nitrogens with zero attached hydrogens (tertiary/aromatic N) is 2. The third-order valence-electron chi connectivity index (χ3n) is 4.09. The third kappa shape index (κ3) is 5.05. The summed E-state index contributed by atoms with van der Waals surface area (Å²) in [5.74, 6) is 0.540. The predicted octanol–water partition coefficient (Wildman–Crippen LogP) is 4.47. The molecule has 0 radical (unpaired) electrons. The van der Waals surface area contributed by atoms with E-state index in [1.165, 1.54) is 56.5 Å². The fraction of sp³-hybridized carbons (Fsp3) is 0.800. The number of aromatic nitrogens is 1. The van der Waals surface area contributed by atoms with Crippen LogP contribution in [0.3, 0.4) is 0 Å². The summed E-state index contributed by atoms with van der Waals surface area (Å²) in [7, 11) is 2.29. The molecule has 0 amide bonds. The van der Waals surface area contributed by atoms with Gasteiger partial charge in [0, 0.05) is 17.8 Å². The second-order valence-electron chi connectivity index (χ2n) is 5.60. The van der Waals surface area contributed by atoms with Gasteiger partial charge in [-0.05, 0) is 32.9 Å². The van der Waals surface area contributed by atoms with Gasteiger partial charge in [-0.25, -0.2) is 4.98 Å². The normalized spacial score (nSPS) is 17.8. The molecule has 0 aliphatic heterocycles. The summed E-state index contributed by atoms with van der Waals surface area (Å²) < 4.78 is 0.